The van der Waals surface area contributed by atoms with Gasteiger partial charge in [-0.2, -0.15) is 5.10 Å². The van der Waals surface area contributed by atoms with E-state index in [1.807, 2.05) is 0 Å². The minimum atomic E-state index is -0.540. The number of hydrazone groups is 1. The first kappa shape index (κ1) is 14.2. The van der Waals surface area contributed by atoms with Crippen molar-refractivity contribution in [3.05, 3.63) is 63.9 Å². The molecule has 2 aromatic carbocycles. The highest BCUT2D eigenvalue weighted by atomic mass is 79.9. The van der Waals surface area contributed by atoms with Crippen LogP contribution < -0.4 is 5.43 Å². The Labute approximate surface area is 123 Å². The van der Waals surface area contributed by atoms with E-state index in [0.717, 1.165) is 0 Å². The smallest absolute Gasteiger partial charge is 0.275 e. The number of carbonyl (C=O) groups excluding carboxylic acids is 1. The van der Waals surface area contributed by atoms with Crippen molar-refractivity contribution in [2.45, 2.75) is 0 Å². The Hall–Kier alpha value is -2.21. The van der Waals surface area contributed by atoms with Crippen LogP contribution in [-0.4, -0.2) is 17.2 Å². The van der Waals surface area contributed by atoms with Gasteiger partial charge in [0.15, 0.2) is 0 Å². The average Bonchev–Trinajstić information content (AvgIpc) is 2.43. The predicted octanol–water partition coefficient (Wildman–Crippen LogP) is 3.06. The molecule has 4 nitrogen and oxygen atoms in total. The van der Waals surface area contributed by atoms with Crippen LogP contribution in [0.3, 0.4) is 0 Å². The third-order valence-corrected chi connectivity index (χ3v) is 2.95. The number of aromatic hydroxyl groups is 1. The lowest BCUT2D eigenvalue weighted by atomic mass is 10.2. The van der Waals surface area contributed by atoms with Gasteiger partial charge in [0.25, 0.3) is 5.91 Å². The van der Waals surface area contributed by atoms with Crippen molar-refractivity contribution in [1.82, 2.24) is 5.43 Å². The molecule has 0 radical (unpaired) electrons. The van der Waals surface area contributed by atoms with E-state index >= 15 is 0 Å². The lowest BCUT2D eigenvalue weighted by molar-refractivity contribution is 0.0952. The Morgan fingerprint density at radius 3 is 2.65 bits per heavy atom. The Bertz CT molecular complexity index is 657. The van der Waals surface area contributed by atoms with Crippen LogP contribution in [0.4, 0.5) is 4.39 Å². The summed E-state index contributed by atoms with van der Waals surface area (Å²) in [7, 11) is 0. The first-order chi connectivity index (χ1) is 9.56. The molecule has 0 unspecified atom stereocenters. The summed E-state index contributed by atoms with van der Waals surface area (Å²) in [5.74, 6) is -1.02. The molecule has 2 N–H and O–H groups in total. The molecule has 0 aliphatic heterocycles. The molecule has 0 aliphatic rings. The summed E-state index contributed by atoms with van der Waals surface area (Å²) < 4.78 is 13.4. The van der Waals surface area contributed by atoms with Crippen LogP contribution >= 0.6 is 15.9 Å². The summed E-state index contributed by atoms with van der Waals surface area (Å²) in [6.45, 7) is 0. The van der Waals surface area contributed by atoms with Crippen LogP contribution in [0.1, 0.15) is 15.9 Å². The SMILES string of the molecule is O=C(N/N=C\c1ccc(F)cc1)c1cc(Br)ccc1O. The van der Waals surface area contributed by atoms with Crippen LogP contribution in [0.25, 0.3) is 0 Å². The topological polar surface area (TPSA) is 61.7 Å². The third kappa shape index (κ3) is 3.64. The van der Waals surface area contributed by atoms with Gasteiger partial charge in [0, 0.05) is 4.47 Å². The molecule has 0 spiro atoms. The van der Waals surface area contributed by atoms with Gasteiger partial charge in [0.2, 0.25) is 0 Å². The number of rotatable bonds is 3. The molecule has 0 saturated carbocycles. The van der Waals surface area contributed by atoms with Gasteiger partial charge in [-0.15, -0.1) is 0 Å². The largest absolute Gasteiger partial charge is 0.507 e. The lowest BCUT2D eigenvalue weighted by Crippen LogP contribution is -2.17. The molecule has 0 fully saturated rings. The van der Waals surface area contributed by atoms with Crippen molar-refractivity contribution in [3.63, 3.8) is 0 Å². The van der Waals surface area contributed by atoms with E-state index in [9.17, 15) is 14.3 Å². The number of carbonyl (C=O) groups is 1. The maximum absolute atomic E-state index is 12.7. The highest BCUT2D eigenvalue weighted by molar-refractivity contribution is 9.10. The summed E-state index contributed by atoms with van der Waals surface area (Å²) in [5.41, 5.74) is 3.04. The van der Waals surface area contributed by atoms with Gasteiger partial charge >= 0.3 is 0 Å². The zero-order valence-corrected chi connectivity index (χ0v) is 11.8. The van der Waals surface area contributed by atoms with Crippen molar-refractivity contribution < 1.29 is 14.3 Å². The van der Waals surface area contributed by atoms with Gasteiger partial charge in [-0.3, -0.25) is 4.79 Å². The number of halogens is 2. The molecule has 0 atom stereocenters. The van der Waals surface area contributed by atoms with Crippen LogP contribution in [0.5, 0.6) is 5.75 Å². The number of hydrogen-bond acceptors (Lipinski definition) is 3. The van der Waals surface area contributed by atoms with Crippen molar-refractivity contribution >= 4 is 28.1 Å². The second-order valence-corrected chi connectivity index (χ2v) is 4.83. The molecule has 1 amide bonds. The quantitative estimate of drug-likeness (QED) is 0.668. The maximum Gasteiger partial charge on any atom is 0.275 e. The number of phenols is 1. The van der Waals surface area contributed by atoms with Gasteiger partial charge in [-0.05, 0) is 35.9 Å². The fraction of sp³-hybridized carbons (Fsp3) is 0. The molecule has 0 aromatic heterocycles. The van der Waals surface area contributed by atoms with E-state index in [2.05, 4.69) is 26.5 Å². The zero-order chi connectivity index (χ0) is 14.5. The van der Waals surface area contributed by atoms with Crippen LogP contribution in [0, 0.1) is 5.82 Å². The van der Waals surface area contributed by atoms with E-state index < -0.39 is 5.91 Å². The Morgan fingerprint density at radius 1 is 1.25 bits per heavy atom. The molecule has 0 bridgehead atoms. The fourth-order valence-electron chi connectivity index (χ4n) is 1.46. The molecule has 0 saturated heterocycles. The number of nitrogens with one attached hydrogen (secondary N) is 1. The second kappa shape index (κ2) is 6.29. The maximum atomic E-state index is 12.7. The lowest BCUT2D eigenvalue weighted by Gasteiger charge is -2.03. The molecule has 20 heavy (non-hydrogen) atoms. The zero-order valence-electron chi connectivity index (χ0n) is 10.2. The van der Waals surface area contributed by atoms with E-state index in [-0.39, 0.29) is 17.1 Å². The van der Waals surface area contributed by atoms with Crippen LogP contribution in [-0.2, 0) is 0 Å². The van der Waals surface area contributed by atoms with E-state index in [4.69, 9.17) is 0 Å². The number of phenolic OH excluding ortho intramolecular Hbond substituents is 1. The number of amides is 1. The van der Waals surface area contributed by atoms with E-state index in [0.29, 0.717) is 10.0 Å². The van der Waals surface area contributed by atoms with Crippen molar-refractivity contribution in [3.8, 4) is 5.75 Å². The van der Waals surface area contributed by atoms with E-state index in [1.54, 1.807) is 6.07 Å². The first-order valence-corrected chi connectivity index (χ1v) is 6.43. The predicted molar refractivity (Wildman–Crippen MR) is 77.3 cm³/mol. The summed E-state index contributed by atoms with van der Waals surface area (Å²) in [5, 5.41) is 13.3. The molecular formula is C14H10BrFN2O2. The number of benzene rings is 2. The number of nitrogens with zero attached hydrogens (tertiary/aromatic N) is 1. The average molecular weight is 337 g/mol. The summed E-state index contributed by atoms with van der Waals surface area (Å²) in [6.07, 6.45) is 1.38. The molecule has 2 rings (SSSR count). The fourth-order valence-corrected chi connectivity index (χ4v) is 1.83. The normalized spacial score (nSPS) is 10.7. The molecule has 0 aliphatic carbocycles. The summed E-state index contributed by atoms with van der Waals surface area (Å²) in [4.78, 5) is 11.8. The standard InChI is InChI=1S/C14H10BrFN2O2/c15-10-3-6-13(19)12(7-10)14(20)18-17-8-9-1-4-11(16)5-2-9/h1-8,19H,(H,18,20)/b17-8-. The van der Waals surface area contributed by atoms with Crippen molar-refractivity contribution in [2.75, 3.05) is 0 Å². The second-order valence-electron chi connectivity index (χ2n) is 3.91. The number of hydrogen-bond donors (Lipinski definition) is 2. The highest BCUT2D eigenvalue weighted by Gasteiger charge is 2.10. The Kier molecular flexibility index (Phi) is 4.47. The minimum absolute atomic E-state index is 0.107. The van der Waals surface area contributed by atoms with Crippen LogP contribution in [0.2, 0.25) is 0 Å². The molecular weight excluding hydrogens is 327 g/mol. The Morgan fingerprint density at radius 2 is 1.95 bits per heavy atom. The summed E-state index contributed by atoms with van der Waals surface area (Å²) in [6, 6.07) is 10.2. The Balaban J connectivity index is 2.05. The van der Waals surface area contributed by atoms with Gasteiger partial charge in [0.05, 0.1) is 11.8 Å². The van der Waals surface area contributed by atoms with Gasteiger partial charge < -0.3 is 5.11 Å². The van der Waals surface area contributed by atoms with Crippen molar-refractivity contribution in [2.24, 2.45) is 5.10 Å². The van der Waals surface area contributed by atoms with Gasteiger partial charge in [-0.25, -0.2) is 9.82 Å². The minimum Gasteiger partial charge on any atom is -0.507 e. The van der Waals surface area contributed by atoms with Gasteiger partial charge in [0.1, 0.15) is 11.6 Å². The van der Waals surface area contributed by atoms with Crippen LogP contribution in [0.15, 0.2) is 52.0 Å². The van der Waals surface area contributed by atoms with Crippen molar-refractivity contribution in [1.29, 1.82) is 0 Å². The summed E-state index contributed by atoms with van der Waals surface area (Å²) >= 11 is 3.21. The first-order valence-electron chi connectivity index (χ1n) is 5.64. The van der Waals surface area contributed by atoms with Gasteiger partial charge in [-0.1, -0.05) is 28.1 Å². The van der Waals surface area contributed by atoms with E-state index in [1.165, 1.54) is 42.6 Å². The molecule has 6 heteroatoms. The monoisotopic (exact) mass is 336 g/mol. The molecule has 2 aromatic rings. The molecule has 0 heterocycles. The third-order valence-electron chi connectivity index (χ3n) is 2.45. The molecule has 102 valence electrons. The highest BCUT2D eigenvalue weighted by Crippen LogP contribution is 2.21.